The number of ether oxygens (including phenoxy) is 1. The number of para-hydroxylation sites is 1. The summed E-state index contributed by atoms with van der Waals surface area (Å²) in [4.78, 5) is 4.36. The van der Waals surface area contributed by atoms with Crippen LogP contribution in [0, 0.1) is 12.7 Å². The Morgan fingerprint density at radius 2 is 1.95 bits per heavy atom. The maximum absolute atomic E-state index is 13.6. The summed E-state index contributed by atoms with van der Waals surface area (Å²) in [5.41, 5.74) is 2.81. The van der Waals surface area contributed by atoms with Crippen molar-refractivity contribution in [3.8, 4) is 5.75 Å². The number of pyridine rings is 1. The molecule has 0 amide bonds. The summed E-state index contributed by atoms with van der Waals surface area (Å²) in [6.07, 6.45) is 1.75. The Bertz CT molecular complexity index is 750. The molecule has 0 radical (unpaired) electrons. The second kappa shape index (κ2) is 5.29. The van der Waals surface area contributed by atoms with Crippen LogP contribution in [-0.4, -0.2) is 4.98 Å². The van der Waals surface area contributed by atoms with E-state index in [0.29, 0.717) is 6.61 Å². The summed E-state index contributed by atoms with van der Waals surface area (Å²) in [7, 11) is 0. The van der Waals surface area contributed by atoms with Gasteiger partial charge in [0.25, 0.3) is 0 Å². The van der Waals surface area contributed by atoms with Crippen molar-refractivity contribution in [3.05, 3.63) is 71.7 Å². The number of halogens is 1. The van der Waals surface area contributed by atoms with Crippen LogP contribution in [0.2, 0.25) is 0 Å². The number of benzene rings is 2. The highest BCUT2D eigenvalue weighted by Crippen LogP contribution is 2.22. The largest absolute Gasteiger partial charge is 0.486 e. The fraction of sp³-hybridized carbons (Fsp3) is 0.118. The predicted molar refractivity (Wildman–Crippen MR) is 77.2 cm³/mol. The van der Waals surface area contributed by atoms with Crippen molar-refractivity contribution in [1.82, 2.24) is 4.98 Å². The molecule has 0 fully saturated rings. The first kappa shape index (κ1) is 12.6. The maximum Gasteiger partial charge on any atom is 0.165 e. The predicted octanol–water partition coefficient (Wildman–Crippen LogP) is 4.26. The van der Waals surface area contributed by atoms with Crippen molar-refractivity contribution in [2.45, 2.75) is 13.5 Å². The standard InChI is InChI=1S/C17H14FNO/c1-12-7-8-15(18)16(10-12)20-11-14-5-2-4-13-6-3-9-19-17(13)14/h2-10H,11H2,1H3. The Morgan fingerprint density at radius 3 is 2.85 bits per heavy atom. The molecule has 3 heteroatoms. The summed E-state index contributed by atoms with van der Waals surface area (Å²) in [5.74, 6) is -0.0678. The Labute approximate surface area is 116 Å². The van der Waals surface area contributed by atoms with Gasteiger partial charge in [-0.05, 0) is 30.7 Å². The molecule has 3 rings (SSSR count). The summed E-state index contributed by atoms with van der Waals surface area (Å²) in [6, 6.07) is 14.6. The number of hydrogen-bond donors (Lipinski definition) is 0. The molecule has 0 bridgehead atoms. The van der Waals surface area contributed by atoms with Gasteiger partial charge in [-0.2, -0.15) is 0 Å². The minimum absolute atomic E-state index is 0.276. The van der Waals surface area contributed by atoms with E-state index in [1.54, 1.807) is 18.3 Å². The maximum atomic E-state index is 13.6. The van der Waals surface area contributed by atoms with Gasteiger partial charge in [0.1, 0.15) is 6.61 Å². The fourth-order valence-electron chi connectivity index (χ4n) is 2.16. The lowest BCUT2D eigenvalue weighted by Crippen LogP contribution is -1.99. The van der Waals surface area contributed by atoms with Crippen LogP contribution in [0.25, 0.3) is 10.9 Å². The van der Waals surface area contributed by atoms with E-state index in [9.17, 15) is 4.39 Å². The first-order chi connectivity index (χ1) is 9.74. The lowest BCUT2D eigenvalue weighted by atomic mass is 10.1. The fourth-order valence-corrected chi connectivity index (χ4v) is 2.16. The van der Waals surface area contributed by atoms with Crippen molar-refractivity contribution in [3.63, 3.8) is 0 Å². The number of aromatic nitrogens is 1. The summed E-state index contributed by atoms with van der Waals surface area (Å²) in [5, 5.41) is 1.05. The topological polar surface area (TPSA) is 22.1 Å². The van der Waals surface area contributed by atoms with E-state index in [1.807, 2.05) is 37.3 Å². The third kappa shape index (κ3) is 2.48. The molecule has 0 atom stereocenters. The summed E-state index contributed by atoms with van der Waals surface area (Å²) in [6.45, 7) is 2.21. The number of aryl methyl sites for hydroxylation is 1. The molecule has 0 saturated carbocycles. The van der Waals surface area contributed by atoms with E-state index in [4.69, 9.17) is 4.74 Å². The van der Waals surface area contributed by atoms with Gasteiger partial charge in [0.05, 0.1) is 5.52 Å². The number of nitrogens with zero attached hydrogens (tertiary/aromatic N) is 1. The molecular formula is C17H14FNO. The van der Waals surface area contributed by atoms with Gasteiger partial charge in [0, 0.05) is 17.1 Å². The minimum atomic E-state index is -0.344. The van der Waals surface area contributed by atoms with Gasteiger partial charge in [-0.3, -0.25) is 4.98 Å². The van der Waals surface area contributed by atoms with Crippen molar-refractivity contribution in [2.24, 2.45) is 0 Å². The lowest BCUT2D eigenvalue weighted by molar-refractivity contribution is 0.291. The molecule has 0 spiro atoms. The van der Waals surface area contributed by atoms with Crippen LogP contribution in [0.4, 0.5) is 4.39 Å². The van der Waals surface area contributed by atoms with E-state index in [0.717, 1.165) is 22.0 Å². The molecule has 0 saturated heterocycles. The highest BCUT2D eigenvalue weighted by Gasteiger charge is 2.06. The highest BCUT2D eigenvalue weighted by molar-refractivity contribution is 5.81. The zero-order valence-corrected chi connectivity index (χ0v) is 11.1. The van der Waals surface area contributed by atoms with E-state index >= 15 is 0 Å². The average Bonchev–Trinajstić information content (AvgIpc) is 2.48. The van der Waals surface area contributed by atoms with E-state index in [1.165, 1.54) is 6.07 Å². The minimum Gasteiger partial charge on any atom is -0.486 e. The molecule has 0 unspecified atom stereocenters. The first-order valence-corrected chi connectivity index (χ1v) is 6.45. The van der Waals surface area contributed by atoms with Crippen LogP contribution in [0.1, 0.15) is 11.1 Å². The Balaban J connectivity index is 1.89. The molecule has 3 aromatic rings. The number of fused-ring (bicyclic) bond motifs is 1. The second-order valence-electron chi connectivity index (χ2n) is 4.71. The Morgan fingerprint density at radius 1 is 1.10 bits per heavy atom. The molecule has 100 valence electrons. The number of hydrogen-bond acceptors (Lipinski definition) is 2. The van der Waals surface area contributed by atoms with E-state index < -0.39 is 0 Å². The van der Waals surface area contributed by atoms with E-state index in [2.05, 4.69) is 4.98 Å². The highest BCUT2D eigenvalue weighted by atomic mass is 19.1. The molecule has 0 aliphatic carbocycles. The average molecular weight is 267 g/mol. The molecule has 1 aromatic heterocycles. The molecule has 0 N–H and O–H groups in total. The lowest BCUT2D eigenvalue weighted by Gasteiger charge is -2.09. The third-order valence-electron chi connectivity index (χ3n) is 3.19. The molecule has 20 heavy (non-hydrogen) atoms. The van der Waals surface area contributed by atoms with Gasteiger partial charge >= 0.3 is 0 Å². The van der Waals surface area contributed by atoms with Crippen LogP contribution in [0.15, 0.2) is 54.7 Å². The van der Waals surface area contributed by atoms with Crippen LogP contribution >= 0.6 is 0 Å². The van der Waals surface area contributed by atoms with Crippen molar-refractivity contribution < 1.29 is 9.13 Å². The van der Waals surface area contributed by atoms with Crippen LogP contribution in [0.3, 0.4) is 0 Å². The van der Waals surface area contributed by atoms with Crippen LogP contribution in [0.5, 0.6) is 5.75 Å². The summed E-state index contributed by atoms with van der Waals surface area (Å²) >= 11 is 0. The van der Waals surface area contributed by atoms with Gasteiger partial charge in [-0.1, -0.05) is 30.3 Å². The smallest absolute Gasteiger partial charge is 0.165 e. The molecule has 0 aliphatic heterocycles. The SMILES string of the molecule is Cc1ccc(F)c(OCc2cccc3cccnc23)c1. The zero-order valence-electron chi connectivity index (χ0n) is 11.1. The monoisotopic (exact) mass is 267 g/mol. The quantitative estimate of drug-likeness (QED) is 0.707. The Kier molecular flexibility index (Phi) is 3.33. The van der Waals surface area contributed by atoms with Crippen molar-refractivity contribution in [2.75, 3.05) is 0 Å². The second-order valence-corrected chi connectivity index (χ2v) is 4.71. The molecule has 0 aliphatic rings. The zero-order chi connectivity index (χ0) is 13.9. The normalized spacial score (nSPS) is 10.7. The van der Waals surface area contributed by atoms with Crippen molar-refractivity contribution >= 4 is 10.9 Å². The van der Waals surface area contributed by atoms with Gasteiger partial charge in [-0.15, -0.1) is 0 Å². The molecule has 2 aromatic carbocycles. The van der Waals surface area contributed by atoms with Crippen molar-refractivity contribution in [1.29, 1.82) is 0 Å². The van der Waals surface area contributed by atoms with Gasteiger partial charge in [0.2, 0.25) is 0 Å². The van der Waals surface area contributed by atoms with Gasteiger partial charge in [-0.25, -0.2) is 4.39 Å². The van der Waals surface area contributed by atoms with Crippen LogP contribution in [-0.2, 0) is 6.61 Å². The van der Waals surface area contributed by atoms with Crippen LogP contribution < -0.4 is 4.74 Å². The molecule has 2 nitrogen and oxygen atoms in total. The Hall–Kier alpha value is -2.42. The molecule has 1 heterocycles. The first-order valence-electron chi connectivity index (χ1n) is 6.45. The summed E-state index contributed by atoms with van der Waals surface area (Å²) < 4.78 is 19.2. The van der Waals surface area contributed by atoms with Gasteiger partial charge < -0.3 is 4.74 Å². The number of rotatable bonds is 3. The third-order valence-corrected chi connectivity index (χ3v) is 3.19. The van der Waals surface area contributed by atoms with Gasteiger partial charge in [0.15, 0.2) is 11.6 Å². The van der Waals surface area contributed by atoms with E-state index in [-0.39, 0.29) is 11.6 Å². The molecular weight excluding hydrogens is 253 g/mol.